The van der Waals surface area contributed by atoms with Gasteiger partial charge in [-0.25, -0.2) is 19.0 Å². The SMILES string of the molecule is CCn1cc(C(=O)O)c(=O)c2cc(F)c(N3CCC(NC(N)=O)C3)nc21. The number of hydrogen-bond donors (Lipinski definition) is 3. The molecule has 1 fully saturated rings. The van der Waals surface area contributed by atoms with Crippen molar-refractivity contribution in [3.05, 3.63) is 33.9 Å². The van der Waals surface area contributed by atoms with Gasteiger partial charge in [-0.05, 0) is 19.4 Å². The van der Waals surface area contributed by atoms with Crippen LogP contribution in [0.3, 0.4) is 0 Å². The molecule has 1 unspecified atom stereocenters. The van der Waals surface area contributed by atoms with Crippen molar-refractivity contribution in [1.29, 1.82) is 0 Å². The smallest absolute Gasteiger partial charge is 0.341 e. The zero-order valence-electron chi connectivity index (χ0n) is 14.0. The zero-order chi connectivity index (χ0) is 19.0. The first kappa shape index (κ1) is 17.6. The molecule has 10 heteroatoms. The van der Waals surface area contributed by atoms with Gasteiger partial charge < -0.3 is 25.6 Å². The largest absolute Gasteiger partial charge is 0.477 e. The molecule has 3 heterocycles. The molecule has 138 valence electrons. The molecule has 1 saturated heterocycles. The van der Waals surface area contributed by atoms with Crippen molar-refractivity contribution in [1.82, 2.24) is 14.9 Å². The first-order valence-electron chi connectivity index (χ1n) is 8.09. The summed E-state index contributed by atoms with van der Waals surface area (Å²) in [4.78, 5) is 40.5. The highest BCUT2D eigenvalue weighted by atomic mass is 19.1. The van der Waals surface area contributed by atoms with Crippen molar-refractivity contribution in [2.24, 2.45) is 5.73 Å². The van der Waals surface area contributed by atoms with Gasteiger partial charge >= 0.3 is 12.0 Å². The number of carbonyl (C=O) groups excluding carboxylic acids is 1. The van der Waals surface area contributed by atoms with Crippen molar-refractivity contribution in [2.75, 3.05) is 18.0 Å². The van der Waals surface area contributed by atoms with E-state index in [1.165, 1.54) is 10.8 Å². The third-order valence-electron chi connectivity index (χ3n) is 4.39. The standard InChI is InChI=1S/C16H18FN5O4/c1-2-21-7-10(15(24)25)12(23)9-5-11(17)14(20-13(9)21)22-4-3-8(6-22)19-16(18)26/h5,7-8H,2-4,6H2,1H3,(H,24,25)(H3,18,19,26). The van der Waals surface area contributed by atoms with Crippen molar-refractivity contribution in [3.63, 3.8) is 0 Å². The first-order chi connectivity index (χ1) is 12.3. The fraction of sp³-hybridized carbons (Fsp3) is 0.375. The Morgan fingerprint density at radius 2 is 2.23 bits per heavy atom. The predicted molar refractivity (Wildman–Crippen MR) is 91.9 cm³/mol. The lowest BCUT2D eigenvalue weighted by molar-refractivity contribution is 0.0694. The van der Waals surface area contributed by atoms with Crippen LogP contribution in [0.4, 0.5) is 15.0 Å². The number of rotatable bonds is 4. The van der Waals surface area contributed by atoms with E-state index in [2.05, 4.69) is 10.3 Å². The van der Waals surface area contributed by atoms with Crippen molar-refractivity contribution < 1.29 is 19.1 Å². The molecule has 0 spiro atoms. The van der Waals surface area contributed by atoms with Crippen LogP contribution in [0.2, 0.25) is 0 Å². The van der Waals surface area contributed by atoms with Crippen LogP contribution < -0.4 is 21.4 Å². The Bertz CT molecular complexity index is 958. The number of halogens is 1. The van der Waals surface area contributed by atoms with Gasteiger partial charge in [0.25, 0.3) is 0 Å². The molecule has 0 bridgehead atoms. The summed E-state index contributed by atoms with van der Waals surface area (Å²) in [5.74, 6) is -2.04. The number of urea groups is 1. The topological polar surface area (TPSA) is 131 Å². The molecule has 2 aromatic rings. The van der Waals surface area contributed by atoms with E-state index < -0.39 is 28.8 Å². The molecule has 1 aliphatic heterocycles. The Balaban J connectivity index is 2.08. The summed E-state index contributed by atoms with van der Waals surface area (Å²) in [6.45, 7) is 2.93. The fourth-order valence-electron chi connectivity index (χ4n) is 3.16. The molecule has 0 radical (unpaired) electrons. The Morgan fingerprint density at radius 3 is 2.85 bits per heavy atom. The molecule has 0 aliphatic carbocycles. The van der Waals surface area contributed by atoms with Crippen LogP contribution in [0, 0.1) is 5.82 Å². The van der Waals surface area contributed by atoms with Gasteiger partial charge in [0.15, 0.2) is 11.6 Å². The third-order valence-corrected chi connectivity index (χ3v) is 4.39. The highest BCUT2D eigenvalue weighted by Gasteiger charge is 2.27. The number of primary amides is 1. The van der Waals surface area contributed by atoms with E-state index in [-0.39, 0.29) is 22.9 Å². The molecule has 0 aromatic carbocycles. The lowest BCUT2D eigenvalue weighted by Crippen LogP contribution is -2.40. The summed E-state index contributed by atoms with van der Waals surface area (Å²) in [6, 6.07) is 0.157. The minimum absolute atomic E-state index is 0.0518. The zero-order valence-corrected chi connectivity index (χ0v) is 14.0. The van der Waals surface area contributed by atoms with Gasteiger partial charge in [0.05, 0.1) is 5.39 Å². The van der Waals surface area contributed by atoms with E-state index in [1.807, 2.05) is 0 Å². The summed E-state index contributed by atoms with van der Waals surface area (Å²) < 4.78 is 16.1. The second-order valence-corrected chi connectivity index (χ2v) is 6.07. The van der Waals surface area contributed by atoms with Crippen LogP contribution in [0.5, 0.6) is 0 Å². The summed E-state index contributed by atoms with van der Waals surface area (Å²) in [5, 5.41) is 11.7. The van der Waals surface area contributed by atoms with Crippen LogP contribution in [0.25, 0.3) is 11.0 Å². The molecule has 1 aliphatic rings. The lowest BCUT2D eigenvalue weighted by atomic mass is 10.2. The average molecular weight is 363 g/mol. The van der Waals surface area contributed by atoms with Crippen LogP contribution >= 0.6 is 0 Å². The number of hydrogen-bond acceptors (Lipinski definition) is 5. The van der Waals surface area contributed by atoms with E-state index in [1.54, 1.807) is 11.8 Å². The Labute approximate surface area is 147 Å². The number of nitrogens with two attached hydrogens (primary N) is 1. The number of carbonyl (C=O) groups is 2. The Morgan fingerprint density at radius 1 is 1.50 bits per heavy atom. The highest BCUT2D eigenvalue weighted by molar-refractivity contribution is 5.92. The normalized spacial score (nSPS) is 16.8. The third kappa shape index (κ3) is 3.05. The monoisotopic (exact) mass is 363 g/mol. The summed E-state index contributed by atoms with van der Waals surface area (Å²) >= 11 is 0. The van der Waals surface area contributed by atoms with E-state index in [0.717, 1.165) is 6.07 Å². The Kier molecular flexibility index (Phi) is 4.49. The number of aromatic carboxylic acids is 1. The Hall–Kier alpha value is -3.17. The maximum atomic E-state index is 14.6. The predicted octanol–water partition coefficient (Wildman–Crippen LogP) is 0.501. The number of aryl methyl sites for hydroxylation is 1. The highest BCUT2D eigenvalue weighted by Crippen LogP contribution is 2.24. The number of nitrogens with zero attached hydrogens (tertiary/aromatic N) is 3. The molecule has 2 aromatic heterocycles. The minimum atomic E-state index is -1.37. The summed E-state index contributed by atoms with van der Waals surface area (Å²) in [7, 11) is 0. The van der Waals surface area contributed by atoms with E-state index in [4.69, 9.17) is 10.8 Å². The van der Waals surface area contributed by atoms with Gasteiger partial charge in [-0.1, -0.05) is 0 Å². The van der Waals surface area contributed by atoms with Gasteiger partial charge in [-0.2, -0.15) is 0 Å². The average Bonchev–Trinajstić information content (AvgIpc) is 3.02. The van der Waals surface area contributed by atoms with E-state index in [9.17, 15) is 18.8 Å². The number of nitrogens with one attached hydrogen (secondary N) is 1. The molecule has 1 atom stereocenters. The number of aromatic nitrogens is 2. The molecule has 0 saturated carbocycles. The van der Waals surface area contributed by atoms with Gasteiger partial charge in [0, 0.05) is 31.9 Å². The molecular weight excluding hydrogens is 345 g/mol. The van der Waals surface area contributed by atoms with Crippen LogP contribution in [-0.4, -0.2) is 45.8 Å². The van der Waals surface area contributed by atoms with Crippen molar-refractivity contribution in [2.45, 2.75) is 25.9 Å². The van der Waals surface area contributed by atoms with E-state index in [0.29, 0.717) is 26.1 Å². The number of amides is 2. The summed E-state index contributed by atoms with van der Waals surface area (Å²) in [5.41, 5.74) is 4.12. The van der Waals surface area contributed by atoms with Crippen LogP contribution in [-0.2, 0) is 6.54 Å². The first-order valence-corrected chi connectivity index (χ1v) is 8.09. The van der Waals surface area contributed by atoms with Crippen molar-refractivity contribution in [3.8, 4) is 0 Å². The lowest BCUT2D eigenvalue weighted by Gasteiger charge is -2.20. The molecule has 2 amide bonds. The summed E-state index contributed by atoms with van der Waals surface area (Å²) in [6.07, 6.45) is 1.80. The second-order valence-electron chi connectivity index (χ2n) is 6.07. The van der Waals surface area contributed by atoms with Gasteiger partial charge in [0.1, 0.15) is 11.2 Å². The number of fused-ring (bicyclic) bond motifs is 1. The number of anilines is 1. The van der Waals surface area contributed by atoms with E-state index >= 15 is 0 Å². The fourth-order valence-corrected chi connectivity index (χ4v) is 3.16. The van der Waals surface area contributed by atoms with Crippen LogP contribution in [0.15, 0.2) is 17.1 Å². The second kappa shape index (κ2) is 6.62. The number of carboxylic acids is 1. The van der Waals surface area contributed by atoms with Crippen molar-refractivity contribution >= 4 is 28.9 Å². The van der Waals surface area contributed by atoms with Gasteiger partial charge in [0.2, 0.25) is 5.43 Å². The number of carboxylic acid groups (broad SMARTS) is 1. The maximum absolute atomic E-state index is 14.6. The minimum Gasteiger partial charge on any atom is -0.477 e. The van der Waals surface area contributed by atoms with Crippen LogP contribution in [0.1, 0.15) is 23.7 Å². The molecule has 3 rings (SSSR count). The molecule has 9 nitrogen and oxygen atoms in total. The van der Waals surface area contributed by atoms with Gasteiger partial charge in [-0.3, -0.25) is 4.79 Å². The quantitative estimate of drug-likeness (QED) is 0.725. The molecule has 4 N–H and O–H groups in total. The molecule has 26 heavy (non-hydrogen) atoms. The number of pyridine rings is 2. The maximum Gasteiger partial charge on any atom is 0.341 e. The molecular formula is C16H18FN5O4. The van der Waals surface area contributed by atoms with Gasteiger partial charge in [-0.15, -0.1) is 0 Å².